The molecule has 6 nitrogen and oxygen atoms in total. The van der Waals surface area contributed by atoms with E-state index in [4.69, 9.17) is 4.74 Å². The number of morpholine rings is 1. The van der Waals surface area contributed by atoms with Crippen LogP contribution in [0.5, 0.6) is 0 Å². The zero-order chi connectivity index (χ0) is 14.8. The molecule has 0 spiro atoms. The van der Waals surface area contributed by atoms with Crippen LogP contribution in [-0.4, -0.2) is 70.7 Å². The molecular formula is C15H24N4O2. The number of rotatable bonds is 3. The Bertz CT molecular complexity index is 470. The Morgan fingerprint density at radius 3 is 2.76 bits per heavy atom. The molecule has 0 bridgehead atoms. The lowest BCUT2D eigenvalue weighted by Gasteiger charge is -2.34. The van der Waals surface area contributed by atoms with Crippen LogP contribution in [0.3, 0.4) is 0 Å². The zero-order valence-electron chi connectivity index (χ0n) is 12.8. The number of amides is 1. The van der Waals surface area contributed by atoms with Gasteiger partial charge in [0.15, 0.2) is 0 Å². The van der Waals surface area contributed by atoms with E-state index in [1.54, 1.807) is 12.5 Å². The van der Waals surface area contributed by atoms with Crippen molar-refractivity contribution in [3.8, 4) is 0 Å². The number of carbonyl (C=O) groups is 1. The quantitative estimate of drug-likeness (QED) is 0.820. The van der Waals surface area contributed by atoms with Crippen molar-refractivity contribution in [3.05, 3.63) is 18.7 Å². The molecule has 2 aliphatic rings. The molecule has 0 unspecified atom stereocenters. The van der Waals surface area contributed by atoms with Crippen molar-refractivity contribution in [2.24, 2.45) is 5.92 Å². The van der Waals surface area contributed by atoms with Crippen molar-refractivity contribution in [1.29, 1.82) is 0 Å². The van der Waals surface area contributed by atoms with Crippen LogP contribution in [0.1, 0.15) is 19.9 Å². The highest BCUT2D eigenvalue weighted by Gasteiger charge is 2.37. The fraction of sp³-hybridized carbons (Fsp3) is 0.733. The van der Waals surface area contributed by atoms with E-state index in [9.17, 15) is 4.79 Å². The first-order valence-electron chi connectivity index (χ1n) is 7.75. The molecule has 1 aromatic heterocycles. The molecule has 0 aromatic carbocycles. The largest absolute Gasteiger partial charge is 0.379 e. The van der Waals surface area contributed by atoms with Crippen LogP contribution in [0, 0.1) is 5.92 Å². The number of hydrogen-bond acceptors (Lipinski definition) is 4. The van der Waals surface area contributed by atoms with Gasteiger partial charge in [0.05, 0.1) is 19.5 Å². The number of ether oxygens (including phenoxy) is 1. The molecular weight excluding hydrogens is 268 g/mol. The van der Waals surface area contributed by atoms with E-state index in [1.807, 2.05) is 22.6 Å². The molecule has 0 aliphatic carbocycles. The number of imidazole rings is 1. The molecule has 2 aliphatic heterocycles. The van der Waals surface area contributed by atoms with E-state index in [0.29, 0.717) is 12.0 Å². The van der Waals surface area contributed by atoms with Gasteiger partial charge in [0.2, 0.25) is 5.91 Å². The van der Waals surface area contributed by atoms with Crippen LogP contribution in [0.25, 0.3) is 0 Å². The molecule has 6 heteroatoms. The smallest absolute Gasteiger partial charge is 0.245 e. The molecule has 21 heavy (non-hydrogen) atoms. The van der Waals surface area contributed by atoms with Crippen LogP contribution >= 0.6 is 0 Å². The van der Waals surface area contributed by atoms with E-state index in [1.165, 1.54) is 0 Å². The van der Waals surface area contributed by atoms with Crippen molar-refractivity contribution < 1.29 is 9.53 Å². The number of likely N-dealkylation sites (tertiary alicyclic amines) is 1. The zero-order valence-corrected chi connectivity index (χ0v) is 12.8. The highest BCUT2D eigenvalue weighted by Crippen LogP contribution is 2.24. The maximum Gasteiger partial charge on any atom is 0.245 e. The van der Waals surface area contributed by atoms with E-state index in [0.717, 1.165) is 39.4 Å². The molecule has 0 saturated carbocycles. The van der Waals surface area contributed by atoms with E-state index < -0.39 is 0 Å². The Balaban J connectivity index is 1.63. The first-order chi connectivity index (χ1) is 10.2. The highest BCUT2D eigenvalue weighted by molar-refractivity contribution is 5.80. The lowest BCUT2D eigenvalue weighted by atomic mass is 10.0. The summed E-state index contributed by atoms with van der Waals surface area (Å²) >= 11 is 0. The average Bonchev–Trinajstić information content (AvgIpc) is 3.16. The summed E-state index contributed by atoms with van der Waals surface area (Å²) in [5.41, 5.74) is 0. The Morgan fingerprint density at radius 2 is 2.10 bits per heavy atom. The summed E-state index contributed by atoms with van der Waals surface area (Å²) in [6, 6.07) is 0.288. The molecule has 2 saturated heterocycles. The summed E-state index contributed by atoms with van der Waals surface area (Å²) in [6.07, 6.45) is 5.27. The third kappa shape index (κ3) is 2.96. The summed E-state index contributed by atoms with van der Waals surface area (Å²) in [5, 5.41) is 0. The standard InChI is InChI=1S/C15H24N4O2/c1-12-9-19(10-14(12)17-5-7-21-8-6-17)15(20)13(2)18-4-3-16-11-18/h3-4,11-14H,5-10H2,1-2H3/t12-,13+,14+/m1/s1. The minimum atomic E-state index is -0.178. The predicted octanol–water partition coefficient (Wildman–Crippen LogP) is 0.623. The second-order valence-corrected chi connectivity index (χ2v) is 6.12. The number of hydrogen-bond donors (Lipinski definition) is 0. The average molecular weight is 292 g/mol. The summed E-state index contributed by atoms with van der Waals surface area (Å²) in [6.45, 7) is 9.44. The van der Waals surface area contributed by atoms with Crippen molar-refractivity contribution in [3.63, 3.8) is 0 Å². The normalized spacial score (nSPS) is 28.8. The molecule has 116 valence electrons. The van der Waals surface area contributed by atoms with Gasteiger partial charge in [0.25, 0.3) is 0 Å². The van der Waals surface area contributed by atoms with E-state index in [-0.39, 0.29) is 11.9 Å². The lowest BCUT2D eigenvalue weighted by Crippen LogP contribution is -2.47. The molecule has 1 amide bonds. The van der Waals surface area contributed by atoms with Crippen LogP contribution < -0.4 is 0 Å². The van der Waals surface area contributed by atoms with Gasteiger partial charge in [0.1, 0.15) is 6.04 Å². The summed E-state index contributed by atoms with van der Waals surface area (Å²) in [7, 11) is 0. The van der Waals surface area contributed by atoms with Crippen LogP contribution in [0.2, 0.25) is 0 Å². The molecule has 3 heterocycles. The van der Waals surface area contributed by atoms with Gasteiger partial charge in [-0.05, 0) is 12.8 Å². The number of carbonyl (C=O) groups excluding carboxylic acids is 1. The first kappa shape index (κ1) is 14.5. The van der Waals surface area contributed by atoms with Gasteiger partial charge in [-0.15, -0.1) is 0 Å². The molecule has 0 N–H and O–H groups in total. The van der Waals surface area contributed by atoms with Crippen molar-refractivity contribution in [2.45, 2.75) is 25.9 Å². The molecule has 3 rings (SSSR count). The van der Waals surface area contributed by atoms with Gasteiger partial charge in [-0.1, -0.05) is 6.92 Å². The molecule has 2 fully saturated rings. The Hall–Kier alpha value is -1.40. The Labute approximate surface area is 125 Å². The third-order valence-corrected chi connectivity index (χ3v) is 4.73. The summed E-state index contributed by atoms with van der Waals surface area (Å²) in [5.74, 6) is 0.706. The second kappa shape index (κ2) is 6.15. The van der Waals surface area contributed by atoms with Crippen LogP contribution in [0.15, 0.2) is 18.7 Å². The highest BCUT2D eigenvalue weighted by atomic mass is 16.5. The molecule has 0 radical (unpaired) electrons. The number of aromatic nitrogens is 2. The molecule has 3 atom stereocenters. The monoisotopic (exact) mass is 292 g/mol. The predicted molar refractivity (Wildman–Crippen MR) is 78.9 cm³/mol. The SMILES string of the molecule is C[C@@H]1CN(C(=O)[C@H](C)n2ccnc2)C[C@@H]1N1CCOCC1. The van der Waals surface area contributed by atoms with Crippen molar-refractivity contribution >= 4 is 5.91 Å². The third-order valence-electron chi connectivity index (χ3n) is 4.73. The van der Waals surface area contributed by atoms with Crippen LogP contribution in [-0.2, 0) is 9.53 Å². The lowest BCUT2D eigenvalue weighted by molar-refractivity contribution is -0.133. The number of nitrogens with zero attached hydrogens (tertiary/aromatic N) is 4. The fourth-order valence-corrected chi connectivity index (χ4v) is 3.40. The van der Waals surface area contributed by atoms with Gasteiger partial charge in [-0.25, -0.2) is 4.98 Å². The van der Waals surface area contributed by atoms with Crippen molar-refractivity contribution in [1.82, 2.24) is 19.4 Å². The van der Waals surface area contributed by atoms with E-state index in [2.05, 4.69) is 16.8 Å². The van der Waals surface area contributed by atoms with Crippen molar-refractivity contribution in [2.75, 3.05) is 39.4 Å². The van der Waals surface area contributed by atoms with Gasteiger partial charge in [0, 0.05) is 44.6 Å². The summed E-state index contributed by atoms with van der Waals surface area (Å²) in [4.78, 5) is 21.2. The van der Waals surface area contributed by atoms with Gasteiger partial charge < -0.3 is 14.2 Å². The van der Waals surface area contributed by atoms with Gasteiger partial charge in [-0.2, -0.15) is 0 Å². The Kier molecular flexibility index (Phi) is 4.26. The first-order valence-corrected chi connectivity index (χ1v) is 7.75. The van der Waals surface area contributed by atoms with Gasteiger partial charge in [-0.3, -0.25) is 9.69 Å². The minimum Gasteiger partial charge on any atom is -0.379 e. The maximum atomic E-state index is 12.7. The Morgan fingerprint density at radius 1 is 1.33 bits per heavy atom. The topological polar surface area (TPSA) is 50.6 Å². The molecule has 1 aromatic rings. The minimum absolute atomic E-state index is 0.178. The van der Waals surface area contributed by atoms with E-state index >= 15 is 0 Å². The fourth-order valence-electron chi connectivity index (χ4n) is 3.40. The van der Waals surface area contributed by atoms with Crippen LogP contribution in [0.4, 0.5) is 0 Å². The maximum absolute atomic E-state index is 12.7. The van der Waals surface area contributed by atoms with Gasteiger partial charge >= 0.3 is 0 Å². The second-order valence-electron chi connectivity index (χ2n) is 6.12. The summed E-state index contributed by atoms with van der Waals surface area (Å²) < 4.78 is 7.29.